The van der Waals surface area contributed by atoms with Gasteiger partial charge in [0, 0.05) is 18.0 Å². The molecule has 3 heterocycles. The fraction of sp³-hybridized carbons (Fsp3) is 0.500. The van der Waals surface area contributed by atoms with Crippen LogP contribution in [-0.4, -0.2) is 34.1 Å². The van der Waals surface area contributed by atoms with Crippen LogP contribution in [0.15, 0.2) is 12.4 Å². The molecule has 0 aromatic carbocycles. The number of rotatable bonds is 3. The van der Waals surface area contributed by atoms with Crippen molar-refractivity contribution in [1.29, 1.82) is 0 Å². The number of carboxylic acids is 1. The zero-order valence-electron chi connectivity index (χ0n) is 11.6. The molecule has 1 aliphatic heterocycles. The monoisotopic (exact) mass is 291 g/mol. The molecule has 20 heavy (non-hydrogen) atoms. The van der Waals surface area contributed by atoms with E-state index < -0.39 is 11.4 Å². The highest BCUT2D eigenvalue weighted by Gasteiger charge is 2.44. The average molecular weight is 291 g/mol. The van der Waals surface area contributed by atoms with Crippen LogP contribution in [-0.2, 0) is 4.79 Å². The Kier molecular flexibility index (Phi) is 3.12. The first-order valence-corrected chi connectivity index (χ1v) is 7.57. The first-order valence-electron chi connectivity index (χ1n) is 6.75. The predicted molar refractivity (Wildman–Crippen MR) is 79.3 cm³/mol. The summed E-state index contributed by atoms with van der Waals surface area (Å²) in [6, 6.07) is 2.09. The third kappa shape index (κ3) is 1.95. The van der Waals surface area contributed by atoms with Crippen molar-refractivity contribution in [3.8, 4) is 0 Å². The second-order valence-electron chi connectivity index (χ2n) is 5.38. The molecule has 2 aromatic heterocycles. The smallest absolute Gasteiger partial charge is 0.311 e. The maximum atomic E-state index is 11.5. The summed E-state index contributed by atoms with van der Waals surface area (Å²) in [5.41, 5.74) is -0.637. The van der Waals surface area contributed by atoms with Crippen molar-refractivity contribution < 1.29 is 9.90 Å². The summed E-state index contributed by atoms with van der Waals surface area (Å²) < 4.78 is 0. The zero-order chi connectivity index (χ0) is 14.3. The lowest BCUT2D eigenvalue weighted by Gasteiger charge is -2.23. The number of carboxylic acid groups (broad SMARTS) is 1. The maximum absolute atomic E-state index is 11.5. The number of aliphatic carboxylic acids is 1. The third-order valence-corrected chi connectivity index (χ3v) is 5.17. The summed E-state index contributed by atoms with van der Waals surface area (Å²) in [6.07, 6.45) is 2.89. The van der Waals surface area contributed by atoms with Gasteiger partial charge in [-0.15, -0.1) is 11.3 Å². The van der Waals surface area contributed by atoms with Gasteiger partial charge in [-0.2, -0.15) is 0 Å². The van der Waals surface area contributed by atoms with Crippen molar-refractivity contribution >= 4 is 33.3 Å². The van der Waals surface area contributed by atoms with Crippen LogP contribution in [0.3, 0.4) is 0 Å². The van der Waals surface area contributed by atoms with E-state index in [4.69, 9.17) is 0 Å². The van der Waals surface area contributed by atoms with Gasteiger partial charge in [-0.05, 0) is 25.8 Å². The minimum Gasteiger partial charge on any atom is -0.481 e. The molecule has 0 saturated carbocycles. The number of hydrogen-bond donors (Lipinski definition) is 1. The summed E-state index contributed by atoms with van der Waals surface area (Å²) in [5.74, 6) is 0.172. The quantitative estimate of drug-likeness (QED) is 0.941. The summed E-state index contributed by atoms with van der Waals surface area (Å²) in [6.45, 7) is 5.26. The second kappa shape index (κ2) is 4.70. The summed E-state index contributed by atoms with van der Waals surface area (Å²) in [7, 11) is 0. The molecule has 0 aliphatic carbocycles. The SMILES string of the molecule is CCC1(C(=O)O)CCN(c2ncnc3sc(C)cc23)C1. The molecule has 5 nitrogen and oxygen atoms in total. The number of thiophene rings is 1. The Labute approximate surface area is 121 Å². The predicted octanol–water partition coefficient (Wildman–Crippen LogP) is 2.69. The normalized spacial score (nSPS) is 22.6. The van der Waals surface area contributed by atoms with Crippen LogP contribution >= 0.6 is 11.3 Å². The van der Waals surface area contributed by atoms with E-state index in [0.29, 0.717) is 19.4 Å². The lowest BCUT2D eigenvalue weighted by atomic mass is 9.84. The Morgan fingerprint density at radius 2 is 2.35 bits per heavy atom. The third-order valence-electron chi connectivity index (χ3n) is 4.22. The van der Waals surface area contributed by atoms with E-state index in [9.17, 15) is 9.90 Å². The highest BCUT2D eigenvalue weighted by atomic mass is 32.1. The van der Waals surface area contributed by atoms with E-state index in [2.05, 4.69) is 20.9 Å². The molecule has 1 atom stereocenters. The molecule has 1 unspecified atom stereocenters. The van der Waals surface area contributed by atoms with Gasteiger partial charge in [0.1, 0.15) is 17.0 Å². The number of anilines is 1. The van der Waals surface area contributed by atoms with Gasteiger partial charge in [0.2, 0.25) is 0 Å². The topological polar surface area (TPSA) is 66.3 Å². The molecular weight excluding hydrogens is 274 g/mol. The standard InChI is InChI=1S/C14H17N3O2S/c1-3-14(13(18)19)4-5-17(7-14)11-10-6-9(2)20-12(10)16-8-15-11/h6,8H,3-5,7H2,1-2H3,(H,18,19). The molecule has 1 N–H and O–H groups in total. The fourth-order valence-electron chi connectivity index (χ4n) is 2.88. The van der Waals surface area contributed by atoms with Crippen LogP contribution in [0, 0.1) is 12.3 Å². The van der Waals surface area contributed by atoms with Crippen molar-refractivity contribution in [2.45, 2.75) is 26.7 Å². The van der Waals surface area contributed by atoms with Gasteiger partial charge >= 0.3 is 5.97 Å². The van der Waals surface area contributed by atoms with Crippen molar-refractivity contribution in [3.05, 3.63) is 17.3 Å². The lowest BCUT2D eigenvalue weighted by Crippen LogP contribution is -2.34. The van der Waals surface area contributed by atoms with Crippen molar-refractivity contribution in [2.75, 3.05) is 18.0 Å². The molecule has 3 rings (SSSR count). The largest absolute Gasteiger partial charge is 0.481 e. The number of fused-ring (bicyclic) bond motifs is 1. The van der Waals surface area contributed by atoms with Crippen LogP contribution in [0.1, 0.15) is 24.6 Å². The first kappa shape index (κ1) is 13.3. The van der Waals surface area contributed by atoms with E-state index >= 15 is 0 Å². The Morgan fingerprint density at radius 1 is 1.55 bits per heavy atom. The molecule has 0 bridgehead atoms. The van der Waals surface area contributed by atoms with Crippen LogP contribution < -0.4 is 4.90 Å². The minimum atomic E-state index is -0.700. The molecule has 106 valence electrons. The van der Waals surface area contributed by atoms with E-state index in [-0.39, 0.29) is 0 Å². The molecule has 1 saturated heterocycles. The van der Waals surface area contributed by atoms with E-state index in [1.165, 1.54) is 4.88 Å². The second-order valence-corrected chi connectivity index (χ2v) is 6.62. The maximum Gasteiger partial charge on any atom is 0.311 e. The number of carbonyl (C=O) groups is 1. The summed E-state index contributed by atoms with van der Waals surface area (Å²) in [4.78, 5) is 24.5. The van der Waals surface area contributed by atoms with Gasteiger partial charge in [-0.3, -0.25) is 4.79 Å². The van der Waals surface area contributed by atoms with Crippen molar-refractivity contribution in [1.82, 2.24) is 9.97 Å². The molecule has 0 radical (unpaired) electrons. The fourth-order valence-corrected chi connectivity index (χ4v) is 3.72. The summed E-state index contributed by atoms with van der Waals surface area (Å²) >= 11 is 1.64. The molecule has 1 fully saturated rings. The lowest BCUT2D eigenvalue weighted by molar-refractivity contribution is -0.147. The minimum absolute atomic E-state index is 0.528. The van der Waals surface area contributed by atoms with E-state index in [1.54, 1.807) is 17.7 Å². The van der Waals surface area contributed by atoms with Gasteiger partial charge in [0.05, 0.1) is 10.8 Å². The van der Waals surface area contributed by atoms with Crippen molar-refractivity contribution in [2.24, 2.45) is 5.41 Å². The van der Waals surface area contributed by atoms with E-state index in [0.717, 1.165) is 22.6 Å². The Morgan fingerprint density at radius 3 is 3.00 bits per heavy atom. The Bertz CT molecular complexity index is 669. The van der Waals surface area contributed by atoms with Crippen molar-refractivity contribution in [3.63, 3.8) is 0 Å². The van der Waals surface area contributed by atoms with Gasteiger partial charge in [0.15, 0.2) is 0 Å². The van der Waals surface area contributed by atoms with Gasteiger partial charge < -0.3 is 10.0 Å². The number of hydrogen-bond acceptors (Lipinski definition) is 5. The van der Waals surface area contributed by atoms with E-state index in [1.807, 2.05) is 13.8 Å². The number of nitrogens with zero attached hydrogens (tertiary/aromatic N) is 3. The van der Waals surface area contributed by atoms with Crippen LogP contribution in [0.25, 0.3) is 10.2 Å². The molecule has 0 spiro atoms. The highest BCUT2D eigenvalue weighted by Crippen LogP contribution is 2.38. The molecular formula is C14H17N3O2S. The molecule has 0 amide bonds. The van der Waals surface area contributed by atoms with Crippen LogP contribution in [0.2, 0.25) is 0 Å². The van der Waals surface area contributed by atoms with Gasteiger partial charge in [-0.1, -0.05) is 6.92 Å². The molecule has 2 aromatic rings. The Hall–Kier alpha value is -1.69. The highest BCUT2D eigenvalue weighted by molar-refractivity contribution is 7.18. The first-order chi connectivity index (χ1) is 9.55. The number of aryl methyl sites for hydroxylation is 1. The average Bonchev–Trinajstić information content (AvgIpc) is 3.01. The Balaban J connectivity index is 1.99. The number of aromatic nitrogens is 2. The van der Waals surface area contributed by atoms with Gasteiger partial charge in [0.25, 0.3) is 0 Å². The van der Waals surface area contributed by atoms with Crippen LogP contribution in [0.4, 0.5) is 5.82 Å². The van der Waals surface area contributed by atoms with Gasteiger partial charge in [-0.25, -0.2) is 9.97 Å². The molecule has 6 heteroatoms. The van der Waals surface area contributed by atoms with Crippen LogP contribution in [0.5, 0.6) is 0 Å². The molecule has 1 aliphatic rings. The summed E-state index contributed by atoms with van der Waals surface area (Å²) in [5, 5.41) is 10.5. The zero-order valence-corrected chi connectivity index (χ0v) is 12.4.